The molecule has 5 aromatic carbocycles. The van der Waals surface area contributed by atoms with Crippen LogP contribution in [0.4, 0.5) is 41.6 Å². The maximum atomic E-state index is 12.7. The molecule has 6 rings (SSSR count). The van der Waals surface area contributed by atoms with Crippen LogP contribution < -0.4 is 0 Å². The predicted octanol–water partition coefficient (Wildman–Crippen LogP) is 11.0. The second-order valence-corrected chi connectivity index (χ2v) is 9.95. The second-order valence-electron chi connectivity index (χ2n) is 8.89. The second kappa shape index (κ2) is 11.2. The molecule has 0 atom stereocenters. The lowest BCUT2D eigenvalue weighted by Crippen LogP contribution is -2.03. The Balaban J connectivity index is 1.18. The van der Waals surface area contributed by atoms with Crippen molar-refractivity contribution in [2.45, 2.75) is 6.18 Å². The van der Waals surface area contributed by atoms with Crippen molar-refractivity contribution in [3.05, 3.63) is 120 Å². The van der Waals surface area contributed by atoms with Gasteiger partial charge in [0.05, 0.1) is 50.4 Å². The van der Waals surface area contributed by atoms with Gasteiger partial charge in [-0.15, -0.1) is 16.5 Å². The van der Waals surface area contributed by atoms with Crippen molar-refractivity contribution in [2.75, 3.05) is 0 Å². The van der Waals surface area contributed by atoms with Crippen molar-refractivity contribution in [1.82, 2.24) is 4.98 Å². The van der Waals surface area contributed by atoms with Gasteiger partial charge in [0, 0.05) is 10.8 Å². The number of aliphatic imine (C=N–C) groups is 1. The molecule has 0 aliphatic rings. The number of fused-ring (bicyclic) bond motifs is 2. The number of para-hydroxylation sites is 1. The number of benzene rings is 5. The average molecular weight is 565 g/mol. The van der Waals surface area contributed by atoms with Gasteiger partial charge in [-0.05, 0) is 72.8 Å². The molecule has 0 aliphatic carbocycles. The quantitative estimate of drug-likeness (QED) is 0.146. The number of hydrogen-bond acceptors (Lipinski definition) is 7. The molecule has 0 fully saturated rings. The summed E-state index contributed by atoms with van der Waals surface area (Å²) in [5.41, 5.74) is 3.19. The summed E-state index contributed by atoms with van der Waals surface area (Å²) in [6.45, 7) is 0. The van der Waals surface area contributed by atoms with Gasteiger partial charge in [-0.25, -0.2) is 4.98 Å². The summed E-state index contributed by atoms with van der Waals surface area (Å²) in [6.07, 6.45) is -2.61. The number of thiazole rings is 1. The third-order valence-electron chi connectivity index (χ3n) is 6.10. The van der Waals surface area contributed by atoms with Gasteiger partial charge in [0.25, 0.3) is 0 Å². The van der Waals surface area contributed by atoms with Gasteiger partial charge in [0.1, 0.15) is 5.01 Å². The van der Waals surface area contributed by atoms with Crippen LogP contribution in [-0.2, 0) is 6.18 Å². The van der Waals surface area contributed by atoms with E-state index in [2.05, 4.69) is 25.4 Å². The molecule has 41 heavy (non-hydrogen) atoms. The molecule has 0 spiro atoms. The Labute approximate surface area is 236 Å². The fraction of sp³-hybridized carbons (Fsp3) is 0.0323. The van der Waals surface area contributed by atoms with E-state index in [1.807, 2.05) is 60.7 Å². The molecule has 6 aromatic rings. The first-order valence-electron chi connectivity index (χ1n) is 12.4. The zero-order valence-corrected chi connectivity index (χ0v) is 22.0. The lowest BCUT2D eigenvalue weighted by Gasteiger charge is -2.05. The summed E-state index contributed by atoms with van der Waals surface area (Å²) in [7, 11) is 0. The monoisotopic (exact) mass is 564 g/mol. The molecule has 0 bridgehead atoms. The van der Waals surface area contributed by atoms with Crippen LogP contribution in [0.1, 0.15) is 10.6 Å². The number of azo groups is 2. The number of hydrogen-bond donors (Lipinski definition) is 0. The van der Waals surface area contributed by atoms with Gasteiger partial charge in [-0.2, -0.15) is 28.5 Å². The first kappa shape index (κ1) is 26.1. The van der Waals surface area contributed by atoms with Crippen molar-refractivity contribution in [3.8, 4) is 0 Å². The maximum Gasteiger partial charge on any atom is 0.416 e. The molecule has 0 N–H and O–H groups in total. The third kappa shape index (κ3) is 6.07. The number of halogens is 3. The van der Waals surface area contributed by atoms with Crippen molar-refractivity contribution < 1.29 is 13.2 Å². The molecule has 0 unspecified atom stereocenters. The standard InChI is InChI=1S/C31H19F3N6S/c32-31(33,34)20-9-11-21(12-10-20)37-38-22-13-15-23(16-14-22)39-40-27-18-17-26(24-5-1-2-6-25(24)27)35-19-30-36-28-7-3-4-8-29(28)41-30/h1-19H/b35-19+,38-37+,40-39+. The molecule has 0 radical (unpaired) electrons. The molecule has 1 heterocycles. The van der Waals surface area contributed by atoms with Crippen molar-refractivity contribution in [1.29, 1.82) is 0 Å². The van der Waals surface area contributed by atoms with Crippen LogP contribution in [0.15, 0.2) is 135 Å². The highest BCUT2D eigenvalue weighted by molar-refractivity contribution is 7.20. The number of aromatic nitrogens is 1. The number of nitrogens with zero attached hydrogens (tertiary/aromatic N) is 6. The zero-order chi connectivity index (χ0) is 28.2. The smallest absolute Gasteiger partial charge is 0.253 e. The van der Waals surface area contributed by atoms with Crippen molar-refractivity contribution >= 4 is 67.0 Å². The lowest BCUT2D eigenvalue weighted by atomic mass is 10.1. The van der Waals surface area contributed by atoms with E-state index < -0.39 is 11.7 Å². The Kier molecular flexibility index (Phi) is 7.13. The van der Waals surface area contributed by atoms with E-state index in [1.165, 1.54) is 12.1 Å². The minimum absolute atomic E-state index is 0.321. The summed E-state index contributed by atoms with van der Waals surface area (Å²) in [5, 5.41) is 19.6. The summed E-state index contributed by atoms with van der Waals surface area (Å²) in [5.74, 6) is 0. The first-order valence-corrected chi connectivity index (χ1v) is 13.3. The summed E-state index contributed by atoms with van der Waals surface area (Å²) in [6, 6.07) is 31.0. The van der Waals surface area contributed by atoms with Gasteiger partial charge in [0.15, 0.2) is 0 Å². The number of rotatable bonds is 6. The van der Waals surface area contributed by atoms with E-state index in [4.69, 9.17) is 4.99 Å². The van der Waals surface area contributed by atoms with E-state index in [0.29, 0.717) is 22.7 Å². The largest absolute Gasteiger partial charge is 0.416 e. The molecule has 10 heteroatoms. The summed E-state index contributed by atoms with van der Waals surface area (Å²) in [4.78, 5) is 9.32. The lowest BCUT2D eigenvalue weighted by molar-refractivity contribution is -0.137. The maximum absolute atomic E-state index is 12.7. The molecule has 6 nitrogen and oxygen atoms in total. The van der Waals surface area contributed by atoms with Crippen molar-refractivity contribution in [2.24, 2.45) is 25.4 Å². The molecule has 0 aliphatic heterocycles. The summed E-state index contributed by atoms with van der Waals surface area (Å²) < 4.78 is 39.3. The zero-order valence-electron chi connectivity index (χ0n) is 21.2. The Morgan fingerprint density at radius 2 is 1.12 bits per heavy atom. The SMILES string of the molecule is FC(F)(F)c1ccc(/N=N/c2ccc(/N=N/c3ccc(/N=C/c4nc5ccccc5s4)c4ccccc34)cc2)cc1. The van der Waals surface area contributed by atoms with Crippen LogP contribution in [-0.4, -0.2) is 11.2 Å². The van der Waals surface area contributed by atoms with Crippen molar-refractivity contribution in [3.63, 3.8) is 0 Å². The predicted molar refractivity (Wildman–Crippen MR) is 157 cm³/mol. The highest BCUT2D eigenvalue weighted by Gasteiger charge is 2.29. The average Bonchev–Trinajstić information content (AvgIpc) is 3.41. The molecule has 1 aromatic heterocycles. The Hall–Kier alpha value is -5.09. The van der Waals surface area contributed by atoms with Gasteiger partial charge < -0.3 is 0 Å². The van der Waals surface area contributed by atoms with Crippen LogP contribution in [0.3, 0.4) is 0 Å². The van der Waals surface area contributed by atoms with E-state index in [-0.39, 0.29) is 0 Å². The molecule has 200 valence electrons. The van der Waals surface area contributed by atoms with E-state index in [9.17, 15) is 13.2 Å². The fourth-order valence-corrected chi connectivity index (χ4v) is 4.91. The van der Waals surface area contributed by atoms with E-state index in [1.54, 1.807) is 41.8 Å². The van der Waals surface area contributed by atoms with Gasteiger partial charge in [0.2, 0.25) is 0 Å². The molecular formula is C31H19F3N6S. The molecule has 0 saturated carbocycles. The van der Waals surface area contributed by atoms with Crippen LogP contribution in [0, 0.1) is 0 Å². The third-order valence-corrected chi connectivity index (χ3v) is 7.07. The highest BCUT2D eigenvalue weighted by Crippen LogP contribution is 2.35. The van der Waals surface area contributed by atoms with E-state index >= 15 is 0 Å². The first-order chi connectivity index (χ1) is 19.9. The fourth-order valence-electron chi connectivity index (χ4n) is 4.07. The van der Waals surface area contributed by atoms with Crippen LogP contribution in [0.2, 0.25) is 0 Å². The van der Waals surface area contributed by atoms with Crippen LogP contribution in [0.25, 0.3) is 21.0 Å². The number of alkyl halides is 3. The molecule has 0 amide bonds. The Bertz CT molecular complexity index is 1890. The summed E-state index contributed by atoms with van der Waals surface area (Å²) >= 11 is 1.59. The highest BCUT2D eigenvalue weighted by atomic mass is 32.1. The van der Waals surface area contributed by atoms with Crippen LogP contribution >= 0.6 is 11.3 Å². The van der Waals surface area contributed by atoms with Gasteiger partial charge in [-0.3, -0.25) is 4.99 Å². The minimum atomic E-state index is -4.39. The van der Waals surface area contributed by atoms with E-state index in [0.717, 1.165) is 43.8 Å². The molecular weight excluding hydrogens is 545 g/mol. The Morgan fingerprint density at radius 3 is 1.76 bits per heavy atom. The normalized spacial score (nSPS) is 12.5. The Morgan fingerprint density at radius 1 is 0.585 bits per heavy atom. The molecule has 0 saturated heterocycles. The topological polar surface area (TPSA) is 74.7 Å². The van der Waals surface area contributed by atoms with Crippen LogP contribution in [0.5, 0.6) is 0 Å². The van der Waals surface area contributed by atoms with Gasteiger partial charge >= 0.3 is 6.18 Å². The minimum Gasteiger partial charge on any atom is -0.253 e. The van der Waals surface area contributed by atoms with Gasteiger partial charge in [-0.1, -0.05) is 36.4 Å².